The van der Waals surface area contributed by atoms with Crippen LogP contribution in [0.4, 0.5) is 0 Å². The second-order valence-electron chi connectivity index (χ2n) is 6.09. The number of fused-ring (bicyclic) bond motifs is 1. The predicted octanol–water partition coefficient (Wildman–Crippen LogP) is 3.27. The second kappa shape index (κ2) is 5.77. The van der Waals surface area contributed by atoms with Crippen molar-refractivity contribution in [2.45, 2.75) is 38.5 Å². The lowest BCUT2D eigenvalue weighted by Crippen LogP contribution is -2.29. The summed E-state index contributed by atoms with van der Waals surface area (Å²) in [6.07, 6.45) is 6.97. The molecule has 1 aliphatic carbocycles. The number of rotatable bonds is 3. The molecule has 0 aromatic heterocycles. The lowest BCUT2D eigenvalue weighted by Gasteiger charge is -2.22. The van der Waals surface area contributed by atoms with Crippen LogP contribution >= 0.6 is 0 Å². The van der Waals surface area contributed by atoms with Gasteiger partial charge in [-0.2, -0.15) is 0 Å². The first-order valence-corrected chi connectivity index (χ1v) is 7.64. The van der Waals surface area contributed by atoms with Gasteiger partial charge < -0.3 is 4.90 Å². The number of likely N-dealkylation sites (tertiary alicyclic amines) is 1. The van der Waals surface area contributed by atoms with Crippen LogP contribution < -0.4 is 0 Å². The maximum Gasteiger partial charge on any atom is 0.222 e. The molecule has 2 atom stereocenters. The molecule has 2 aliphatic rings. The van der Waals surface area contributed by atoms with Crippen molar-refractivity contribution in [2.24, 2.45) is 11.8 Å². The summed E-state index contributed by atoms with van der Waals surface area (Å²) in [5, 5.41) is 0. The number of amides is 1. The van der Waals surface area contributed by atoms with E-state index in [1.54, 1.807) is 0 Å². The van der Waals surface area contributed by atoms with Gasteiger partial charge in [-0.3, -0.25) is 4.79 Å². The molecule has 2 unspecified atom stereocenters. The fourth-order valence-corrected chi connectivity index (χ4v) is 3.66. The van der Waals surface area contributed by atoms with Crippen LogP contribution in [0, 0.1) is 11.8 Å². The lowest BCUT2D eigenvalue weighted by molar-refractivity contribution is -0.130. The molecule has 0 radical (unpaired) electrons. The van der Waals surface area contributed by atoms with Crippen molar-refractivity contribution >= 4 is 5.91 Å². The van der Waals surface area contributed by atoms with E-state index in [-0.39, 0.29) is 0 Å². The highest BCUT2D eigenvalue weighted by molar-refractivity contribution is 5.76. The normalized spacial score (nSPS) is 26.2. The van der Waals surface area contributed by atoms with Crippen LogP contribution in [0.25, 0.3) is 0 Å². The third kappa shape index (κ3) is 2.99. The smallest absolute Gasteiger partial charge is 0.222 e. The van der Waals surface area contributed by atoms with Gasteiger partial charge in [-0.15, -0.1) is 0 Å². The van der Waals surface area contributed by atoms with E-state index >= 15 is 0 Å². The van der Waals surface area contributed by atoms with E-state index < -0.39 is 0 Å². The first-order valence-electron chi connectivity index (χ1n) is 7.64. The summed E-state index contributed by atoms with van der Waals surface area (Å²) in [5.74, 6) is 1.96. The fraction of sp³-hybridized carbons (Fsp3) is 0.588. The molecule has 102 valence electrons. The molecule has 0 bridgehead atoms. The van der Waals surface area contributed by atoms with E-state index in [0.717, 1.165) is 31.3 Å². The number of hydrogen-bond acceptors (Lipinski definition) is 1. The van der Waals surface area contributed by atoms with Crippen molar-refractivity contribution < 1.29 is 4.79 Å². The van der Waals surface area contributed by atoms with Crippen molar-refractivity contribution in [3.8, 4) is 0 Å². The largest absolute Gasteiger partial charge is 0.342 e. The van der Waals surface area contributed by atoms with Gasteiger partial charge in [0.05, 0.1) is 0 Å². The molecular formula is C17H23NO. The molecule has 1 aromatic carbocycles. The van der Waals surface area contributed by atoms with Crippen molar-refractivity contribution in [1.29, 1.82) is 0 Å². The number of nitrogens with zero attached hydrogens (tertiary/aromatic N) is 1. The molecule has 0 spiro atoms. The lowest BCUT2D eigenvalue weighted by atomic mass is 9.82. The number of hydrogen-bond donors (Lipinski definition) is 0. The van der Waals surface area contributed by atoms with Gasteiger partial charge in [-0.05, 0) is 36.7 Å². The van der Waals surface area contributed by atoms with Gasteiger partial charge in [-0.25, -0.2) is 0 Å². The third-order valence-electron chi connectivity index (χ3n) is 4.80. The first kappa shape index (κ1) is 12.7. The number of carbonyl (C=O) groups is 1. The van der Waals surface area contributed by atoms with Gasteiger partial charge in [0.2, 0.25) is 5.91 Å². The number of carbonyl (C=O) groups excluding carboxylic acids is 1. The average molecular weight is 257 g/mol. The molecule has 2 fully saturated rings. The molecule has 1 heterocycles. The minimum atomic E-state index is 0.359. The van der Waals surface area contributed by atoms with Crippen molar-refractivity contribution in [3.05, 3.63) is 35.9 Å². The van der Waals surface area contributed by atoms with Crippen LogP contribution in [-0.2, 0) is 11.2 Å². The molecule has 0 N–H and O–H groups in total. The van der Waals surface area contributed by atoms with Crippen molar-refractivity contribution in [1.82, 2.24) is 4.90 Å². The van der Waals surface area contributed by atoms with E-state index in [2.05, 4.69) is 17.0 Å². The number of aryl methyl sites for hydroxylation is 1. The SMILES string of the molecule is O=C(CCc1ccccc1)N1CC2CCCCC2C1. The summed E-state index contributed by atoms with van der Waals surface area (Å²) < 4.78 is 0. The van der Waals surface area contributed by atoms with E-state index in [0.29, 0.717) is 12.3 Å². The van der Waals surface area contributed by atoms with Crippen LogP contribution in [0.5, 0.6) is 0 Å². The van der Waals surface area contributed by atoms with Gasteiger partial charge in [-0.1, -0.05) is 43.2 Å². The predicted molar refractivity (Wildman–Crippen MR) is 76.8 cm³/mol. The molecule has 2 heteroatoms. The van der Waals surface area contributed by atoms with E-state index in [1.165, 1.54) is 31.2 Å². The molecule has 19 heavy (non-hydrogen) atoms. The zero-order valence-electron chi connectivity index (χ0n) is 11.6. The van der Waals surface area contributed by atoms with Gasteiger partial charge in [0.1, 0.15) is 0 Å². The van der Waals surface area contributed by atoms with Crippen molar-refractivity contribution in [3.63, 3.8) is 0 Å². The molecular weight excluding hydrogens is 234 g/mol. The Bertz CT molecular complexity index is 414. The highest BCUT2D eigenvalue weighted by atomic mass is 16.2. The topological polar surface area (TPSA) is 20.3 Å². The molecule has 3 rings (SSSR count). The van der Waals surface area contributed by atoms with Crippen LogP contribution in [0.1, 0.15) is 37.7 Å². The summed E-state index contributed by atoms with van der Waals surface area (Å²) in [7, 11) is 0. The molecule has 1 aromatic rings. The van der Waals surface area contributed by atoms with Gasteiger partial charge in [0.25, 0.3) is 0 Å². The molecule has 2 nitrogen and oxygen atoms in total. The maximum absolute atomic E-state index is 12.3. The minimum absolute atomic E-state index is 0.359. The van der Waals surface area contributed by atoms with Crippen LogP contribution in [0.3, 0.4) is 0 Å². The van der Waals surface area contributed by atoms with E-state index in [1.807, 2.05) is 18.2 Å². The van der Waals surface area contributed by atoms with Gasteiger partial charge in [0.15, 0.2) is 0 Å². The van der Waals surface area contributed by atoms with Crippen molar-refractivity contribution in [2.75, 3.05) is 13.1 Å². The Morgan fingerprint density at radius 1 is 1.05 bits per heavy atom. The summed E-state index contributed by atoms with van der Waals surface area (Å²) in [6, 6.07) is 10.3. The highest BCUT2D eigenvalue weighted by Crippen LogP contribution is 2.36. The maximum atomic E-state index is 12.3. The Morgan fingerprint density at radius 3 is 2.32 bits per heavy atom. The summed E-state index contributed by atoms with van der Waals surface area (Å²) >= 11 is 0. The highest BCUT2D eigenvalue weighted by Gasteiger charge is 2.35. The zero-order chi connectivity index (χ0) is 13.1. The van der Waals surface area contributed by atoms with Crippen LogP contribution in [0.15, 0.2) is 30.3 Å². The monoisotopic (exact) mass is 257 g/mol. The molecule has 1 saturated heterocycles. The third-order valence-corrected chi connectivity index (χ3v) is 4.80. The van der Waals surface area contributed by atoms with E-state index in [4.69, 9.17) is 0 Å². The Hall–Kier alpha value is -1.31. The Morgan fingerprint density at radius 2 is 1.68 bits per heavy atom. The van der Waals surface area contributed by atoms with Crippen LogP contribution in [0.2, 0.25) is 0 Å². The Kier molecular flexibility index (Phi) is 3.86. The van der Waals surface area contributed by atoms with E-state index in [9.17, 15) is 4.79 Å². The quantitative estimate of drug-likeness (QED) is 0.814. The summed E-state index contributed by atoms with van der Waals surface area (Å²) in [5.41, 5.74) is 1.27. The summed E-state index contributed by atoms with van der Waals surface area (Å²) in [4.78, 5) is 14.4. The van der Waals surface area contributed by atoms with Gasteiger partial charge in [0, 0.05) is 19.5 Å². The zero-order valence-corrected chi connectivity index (χ0v) is 11.6. The molecule has 1 aliphatic heterocycles. The fourth-order valence-electron chi connectivity index (χ4n) is 3.66. The average Bonchev–Trinajstić information content (AvgIpc) is 2.90. The second-order valence-corrected chi connectivity index (χ2v) is 6.09. The van der Waals surface area contributed by atoms with Gasteiger partial charge >= 0.3 is 0 Å². The standard InChI is InChI=1S/C17H23NO/c19-17(11-10-14-6-2-1-3-7-14)18-12-15-8-4-5-9-16(15)13-18/h1-3,6-7,15-16H,4-5,8-13H2. The number of benzene rings is 1. The molecule has 1 amide bonds. The Balaban J connectivity index is 1.51. The molecule has 1 saturated carbocycles. The Labute approximate surface area is 115 Å². The minimum Gasteiger partial charge on any atom is -0.342 e. The summed E-state index contributed by atoms with van der Waals surface area (Å²) in [6.45, 7) is 2.05. The van der Waals surface area contributed by atoms with Crippen LogP contribution in [-0.4, -0.2) is 23.9 Å². The first-order chi connectivity index (χ1) is 9.33.